The standard InChI is InChI=1S/C29H33N5O/c1-6-8-23-22(10-7-9-18-16-33(5)32-27(18)23)24-15-26-25(11-17(24)2)29(3,4)28(35)34(26)21-13-19(30)12-20(31)14-21/h6,11-16H,1,7-10,30-31H2,2-5H3. The van der Waals surface area contributed by atoms with Crippen molar-refractivity contribution in [3.8, 4) is 0 Å². The third-order valence-corrected chi connectivity index (χ3v) is 7.32. The highest BCUT2D eigenvalue weighted by molar-refractivity contribution is 6.13. The Morgan fingerprint density at radius 1 is 1.11 bits per heavy atom. The lowest BCUT2D eigenvalue weighted by Crippen LogP contribution is -2.33. The van der Waals surface area contributed by atoms with Crippen molar-refractivity contribution in [1.82, 2.24) is 9.78 Å². The number of hydrogen-bond acceptors (Lipinski definition) is 4. The van der Waals surface area contributed by atoms with E-state index in [4.69, 9.17) is 16.6 Å². The van der Waals surface area contributed by atoms with Gasteiger partial charge in [0, 0.05) is 24.6 Å². The molecule has 5 rings (SSSR count). The lowest BCUT2D eigenvalue weighted by atomic mass is 9.83. The highest BCUT2D eigenvalue weighted by Crippen LogP contribution is 2.49. The fourth-order valence-corrected chi connectivity index (χ4v) is 5.64. The SMILES string of the molecule is C=CCC1=C(c2cc3c(cc2C)C(C)(C)C(=O)N3c2cc(N)cc(N)c2)CCCc2cn(C)nc21. The molecule has 1 amide bonds. The molecule has 0 fully saturated rings. The number of fused-ring (bicyclic) bond motifs is 2. The van der Waals surface area contributed by atoms with Crippen molar-refractivity contribution in [1.29, 1.82) is 0 Å². The molecule has 3 aromatic rings. The second kappa shape index (κ2) is 8.15. The van der Waals surface area contributed by atoms with Crippen LogP contribution >= 0.6 is 0 Å². The first-order valence-electron chi connectivity index (χ1n) is 12.1. The Labute approximate surface area is 206 Å². The Hall–Kier alpha value is -3.80. The molecule has 35 heavy (non-hydrogen) atoms. The molecule has 0 saturated heterocycles. The van der Waals surface area contributed by atoms with Gasteiger partial charge in [-0.1, -0.05) is 12.1 Å². The number of aromatic nitrogens is 2. The van der Waals surface area contributed by atoms with Gasteiger partial charge in [0.05, 0.1) is 22.5 Å². The van der Waals surface area contributed by atoms with Gasteiger partial charge in [-0.3, -0.25) is 14.4 Å². The summed E-state index contributed by atoms with van der Waals surface area (Å²) in [6.07, 6.45) is 7.82. The minimum Gasteiger partial charge on any atom is -0.399 e. The first-order valence-corrected chi connectivity index (χ1v) is 12.1. The van der Waals surface area contributed by atoms with Gasteiger partial charge in [-0.05, 0) is 104 Å². The van der Waals surface area contributed by atoms with Crippen LogP contribution in [-0.4, -0.2) is 15.7 Å². The summed E-state index contributed by atoms with van der Waals surface area (Å²) in [4.78, 5) is 15.5. The van der Waals surface area contributed by atoms with Crippen molar-refractivity contribution in [3.05, 3.63) is 77.1 Å². The Morgan fingerprint density at radius 3 is 2.51 bits per heavy atom. The number of benzene rings is 2. The van der Waals surface area contributed by atoms with E-state index in [1.807, 2.05) is 43.8 Å². The van der Waals surface area contributed by atoms with Crippen molar-refractivity contribution in [3.63, 3.8) is 0 Å². The number of anilines is 4. The monoisotopic (exact) mass is 467 g/mol. The number of rotatable bonds is 4. The summed E-state index contributed by atoms with van der Waals surface area (Å²) in [6.45, 7) is 10.1. The molecule has 2 heterocycles. The molecule has 0 saturated carbocycles. The molecular weight excluding hydrogens is 434 g/mol. The third kappa shape index (κ3) is 3.64. The molecule has 180 valence electrons. The fourth-order valence-electron chi connectivity index (χ4n) is 5.64. The van der Waals surface area contributed by atoms with E-state index in [9.17, 15) is 4.79 Å². The van der Waals surface area contributed by atoms with Gasteiger partial charge >= 0.3 is 0 Å². The van der Waals surface area contributed by atoms with Crippen molar-refractivity contribution in [2.24, 2.45) is 7.05 Å². The first-order chi connectivity index (χ1) is 16.6. The number of aryl methyl sites for hydroxylation is 3. The van der Waals surface area contributed by atoms with Crippen molar-refractivity contribution < 1.29 is 4.79 Å². The molecule has 0 atom stereocenters. The number of hydrogen-bond donors (Lipinski definition) is 2. The summed E-state index contributed by atoms with van der Waals surface area (Å²) in [5.74, 6) is 0.0159. The number of carbonyl (C=O) groups excluding carboxylic acids is 1. The Morgan fingerprint density at radius 2 is 1.83 bits per heavy atom. The van der Waals surface area contributed by atoms with Gasteiger partial charge < -0.3 is 11.5 Å². The molecule has 6 heteroatoms. The van der Waals surface area contributed by atoms with Crippen molar-refractivity contribution >= 4 is 39.8 Å². The van der Waals surface area contributed by atoms with Crippen LogP contribution in [0.1, 0.15) is 61.1 Å². The zero-order chi connectivity index (χ0) is 25.1. The second-order valence-electron chi connectivity index (χ2n) is 10.3. The Bertz CT molecular complexity index is 1390. The maximum absolute atomic E-state index is 13.7. The number of carbonyl (C=O) groups is 1. The van der Waals surface area contributed by atoms with E-state index >= 15 is 0 Å². The van der Waals surface area contributed by atoms with Gasteiger partial charge in [-0.15, -0.1) is 6.58 Å². The fraction of sp³-hybridized carbons (Fsp3) is 0.310. The summed E-state index contributed by atoms with van der Waals surface area (Å²) in [6, 6.07) is 9.70. The highest BCUT2D eigenvalue weighted by Gasteiger charge is 2.45. The van der Waals surface area contributed by atoms with Gasteiger partial charge in [-0.2, -0.15) is 5.10 Å². The average Bonchev–Trinajstić information content (AvgIpc) is 3.17. The molecule has 2 aliphatic rings. The molecule has 6 nitrogen and oxygen atoms in total. The van der Waals surface area contributed by atoms with Gasteiger partial charge in [0.2, 0.25) is 5.91 Å². The van der Waals surface area contributed by atoms with Gasteiger partial charge in [0.15, 0.2) is 0 Å². The van der Waals surface area contributed by atoms with Crippen molar-refractivity contribution in [2.45, 2.75) is 51.9 Å². The maximum atomic E-state index is 13.7. The van der Waals surface area contributed by atoms with Gasteiger partial charge in [-0.25, -0.2) is 0 Å². The van der Waals surface area contributed by atoms with E-state index in [2.05, 4.69) is 31.8 Å². The lowest BCUT2D eigenvalue weighted by Gasteiger charge is -2.22. The molecule has 1 aliphatic heterocycles. The molecule has 0 unspecified atom stereocenters. The van der Waals surface area contributed by atoms with E-state index in [1.54, 1.807) is 11.0 Å². The zero-order valence-corrected chi connectivity index (χ0v) is 21.0. The molecule has 1 aliphatic carbocycles. The van der Waals surface area contributed by atoms with Crippen LogP contribution in [0.4, 0.5) is 22.7 Å². The summed E-state index contributed by atoms with van der Waals surface area (Å²) >= 11 is 0. The van der Waals surface area contributed by atoms with Crippen LogP contribution in [0.2, 0.25) is 0 Å². The van der Waals surface area contributed by atoms with E-state index < -0.39 is 5.41 Å². The summed E-state index contributed by atoms with van der Waals surface area (Å²) in [5.41, 5.74) is 22.4. The maximum Gasteiger partial charge on any atom is 0.241 e. The van der Waals surface area contributed by atoms with E-state index in [-0.39, 0.29) is 5.91 Å². The summed E-state index contributed by atoms with van der Waals surface area (Å²) < 4.78 is 1.90. The zero-order valence-electron chi connectivity index (χ0n) is 21.0. The minimum atomic E-state index is -0.659. The quantitative estimate of drug-likeness (QED) is 0.382. The van der Waals surface area contributed by atoms with Gasteiger partial charge in [0.1, 0.15) is 0 Å². The summed E-state index contributed by atoms with van der Waals surface area (Å²) in [7, 11) is 1.98. The number of nitrogen functional groups attached to an aromatic ring is 2. The second-order valence-corrected chi connectivity index (χ2v) is 10.3. The van der Waals surface area contributed by atoms with E-state index in [0.717, 1.165) is 53.8 Å². The Kier molecular flexibility index (Phi) is 5.35. The topological polar surface area (TPSA) is 90.2 Å². The smallest absolute Gasteiger partial charge is 0.241 e. The molecule has 2 aromatic carbocycles. The largest absolute Gasteiger partial charge is 0.399 e. The van der Waals surface area contributed by atoms with E-state index in [1.165, 1.54) is 16.7 Å². The Balaban J connectivity index is 1.75. The van der Waals surface area contributed by atoms with Gasteiger partial charge in [0.25, 0.3) is 0 Å². The molecule has 4 N–H and O–H groups in total. The van der Waals surface area contributed by atoms with E-state index in [0.29, 0.717) is 17.1 Å². The molecule has 0 bridgehead atoms. The first kappa shape index (κ1) is 23.0. The molecule has 1 aromatic heterocycles. The van der Waals surface area contributed by atoms with Crippen LogP contribution in [0.25, 0.3) is 11.1 Å². The van der Waals surface area contributed by atoms with Crippen LogP contribution in [-0.2, 0) is 23.7 Å². The number of nitrogens with zero attached hydrogens (tertiary/aromatic N) is 3. The highest BCUT2D eigenvalue weighted by atomic mass is 16.2. The predicted molar refractivity (Wildman–Crippen MR) is 144 cm³/mol. The van der Waals surface area contributed by atoms with Crippen LogP contribution in [0.15, 0.2) is 49.2 Å². The molecule has 0 spiro atoms. The minimum absolute atomic E-state index is 0.0159. The predicted octanol–water partition coefficient (Wildman–Crippen LogP) is 5.67. The van der Waals surface area contributed by atoms with Crippen LogP contribution in [0.5, 0.6) is 0 Å². The average molecular weight is 468 g/mol. The normalized spacial score (nSPS) is 16.8. The van der Waals surface area contributed by atoms with Crippen LogP contribution in [0, 0.1) is 6.92 Å². The molecular formula is C29H33N5O. The number of nitrogens with two attached hydrogens (primary N) is 2. The van der Waals surface area contributed by atoms with Crippen molar-refractivity contribution in [2.75, 3.05) is 16.4 Å². The van der Waals surface area contributed by atoms with Crippen LogP contribution < -0.4 is 16.4 Å². The van der Waals surface area contributed by atoms with Crippen LogP contribution in [0.3, 0.4) is 0 Å². The summed E-state index contributed by atoms with van der Waals surface area (Å²) in [5, 5.41) is 4.82. The number of amides is 1. The number of allylic oxidation sites excluding steroid dienone is 3. The third-order valence-electron chi connectivity index (χ3n) is 7.32. The lowest BCUT2D eigenvalue weighted by molar-refractivity contribution is -0.121. The molecule has 0 radical (unpaired) electrons.